The highest BCUT2D eigenvalue weighted by Gasteiger charge is 2.16. The normalized spacial score (nSPS) is 16.7. The van der Waals surface area contributed by atoms with Gasteiger partial charge in [0, 0.05) is 17.8 Å². The Labute approximate surface area is 121 Å². The molecule has 0 heterocycles. The van der Waals surface area contributed by atoms with Crippen LogP contribution in [0.5, 0.6) is 0 Å². The maximum Gasteiger partial charge on any atom is 0.224 e. The van der Waals surface area contributed by atoms with E-state index in [1.165, 1.54) is 38.5 Å². The molecule has 3 heteroatoms. The summed E-state index contributed by atoms with van der Waals surface area (Å²) in [6.45, 7) is 3.95. The van der Waals surface area contributed by atoms with Crippen LogP contribution in [0, 0.1) is 19.8 Å². The summed E-state index contributed by atoms with van der Waals surface area (Å²) >= 11 is 0. The van der Waals surface area contributed by atoms with Crippen molar-refractivity contribution >= 4 is 17.3 Å². The smallest absolute Gasteiger partial charge is 0.224 e. The van der Waals surface area contributed by atoms with E-state index in [-0.39, 0.29) is 5.91 Å². The highest BCUT2D eigenvalue weighted by molar-refractivity contribution is 5.92. The molecule has 1 aromatic rings. The molecule has 110 valence electrons. The Bertz CT molecular complexity index is 474. The number of nitrogens with two attached hydrogens (primary N) is 1. The molecule has 0 unspecified atom stereocenters. The first kappa shape index (κ1) is 14.9. The first-order valence-electron chi connectivity index (χ1n) is 7.73. The molecule has 1 aromatic carbocycles. The molecule has 0 bridgehead atoms. The molecule has 2 rings (SSSR count). The summed E-state index contributed by atoms with van der Waals surface area (Å²) in [6.07, 6.45) is 8.27. The predicted octanol–water partition coefficient (Wildman–Crippen LogP) is 4.18. The van der Waals surface area contributed by atoms with E-state index in [1.807, 2.05) is 26.0 Å². The molecule has 0 atom stereocenters. The fourth-order valence-corrected chi connectivity index (χ4v) is 3.00. The van der Waals surface area contributed by atoms with Gasteiger partial charge in [0.1, 0.15) is 0 Å². The van der Waals surface area contributed by atoms with Gasteiger partial charge in [-0.05, 0) is 55.9 Å². The van der Waals surface area contributed by atoms with Crippen LogP contribution in [0.2, 0.25) is 0 Å². The molecule has 0 aliphatic heterocycles. The molecule has 1 amide bonds. The van der Waals surface area contributed by atoms with Gasteiger partial charge in [-0.25, -0.2) is 0 Å². The van der Waals surface area contributed by atoms with E-state index in [9.17, 15) is 4.79 Å². The quantitative estimate of drug-likeness (QED) is 0.641. The van der Waals surface area contributed by atoms with Crippen LogP contribution in [0.15, 0.2) is 12.1 Å². The third-order valence-electron chi connectivity index (χ3n) is 4.34. The molecular formula is C17H26N2O. The SMILES string of the molecule is Cc1cc(NC(=O)CC2CCCCCC2)c(C)cc1N. The summed E-state index contributed by atoms with van der Waals surface area (Å²) in [5, 5.41) is 3.05. The number of nitrogens with one attached hydrogen (secondary N) is 1. The average Bonchev–Trinajstić information content (AvgIpc) is 2.64. The lowest BCUT2D eigenvalue weighted by Crippen LogP contribution is -2.17. The van der Waals surface area contributed by atoms with Crippen molar-refractivity contribution in [3.8, 4) is 0 Å². The summed E-state index contributed by atoms with van der Waals surface area (Å²) in [7, 11) is 0. The van der Waals surface area contributed by atoms with Crippen LogP contribution in [-0.4, -0.2) is 5.91 Å². The predicted molar refractivity (Wildman–Crippen MR) is 84.8 cm³/mol. The van der Waals surface area contributed by atoms with Crippen molar-refractivity contribution < 1.29 is 4.79 Å². The Kier molecular flexibility index (Phi) is 5.05. The van der Waals surface area contributed by atoms with Crippen molar-refractivity contribution in [2.75, 3.05) is 11.1 Å². The van der Waals surface area contributed by atoms with Crippen molar-refractivity contribution in [2.24, 2.45) is 5.92 Å². The number of benzene rings is 1. The molecule has 1 saturated carbocycles. The Morgan fingerprint density at radius 3 is 2.45 bits per heavy atom. The lowest BCUT2D eigenvalue weighted by molar-refractivity contribution is -0.117. The first-order valence-corrected chi connectivity index (χ1v) is 7.73. The minimum absolute atomic E-state index is 0.143. The molecule has 0 spiro atoms. The van der Waals surface area contributed by atoms with E-state index >= 15 is 0 Å². The van der Waals surface area contributed by atoms with Crippen molar-refractivity contribution in [3.05, 3.63) is 23.3 Å². The Morgan fingerprint density at radius 2 is 1.80 bits per heavy atom. The molecule has 3 N–H and O–H groups in total. The molecule has 0 saturated heterocycles. The summed E-state index contributed by atoms with van der Waals surface area (Å²) < 4.78 is 0. The maximum absolute atomic E-state index is 12.2. The molecule has 1 aliphatic rings. The zero-order valence-electron chi connectivity index (χ0n) is 12.7. The molecule has 20 heavy (non-hydrogen) atoms. The fraction of sp³-hybridized carbons (Fsp3) is 0.588. The van der Waals surface area contributed by atoms with Gasteiger partial charge >= 0.3 is 0 Å². The Hall–Kier alpha value is -1.51. The topological polar surface area (TPSA) is 55.1 Å². The van der Waals surface area contributed by atoms with Crippen molar-refractivity contribution in [2.45, 2.75) is 58.8 Å². The average molecular weight is 274 g/mol. The number of carbonyl (C=O) groups is 1. The van der Waals surface area contributed by atoms with Gasteiger partial charge in [0.15, 0.2) is 0 Å². The monoisotopic (exact) mass is 274 g/mol. The van der Waals surface area contributed by atoms with Gasteiger partial charge in [0.05, 0.1) is 0 Å². The minimum Gasteiger partial charge on any atom is -0.399 e. The van der Waals surface area contributed by atoms with E-state index in [1.54, 1.807) is 0 Å². The first-order chi connectivity index (χ1) is 9.56. The number of aryl methyl sites for hydroxylation is 2. The number of nitrogen functional groups attached to an aromatic ring is 1. The van der Waals surface area contributed by atoms with Crippen LogP contribution in [-0.2, 0) is 4.79 Å². The number of amides is 1. The van der Waals surface area contributed by atoms with Crippen LogP contribution in [0.4, 0.5) is 11.4 Å². The summed E-state index contributed by atoms with van der Waals surface area (Å²) in [4.78, 5) is 12.2. The molecular weight excluding hydrogens is 248 g/mol. The fourth-order valence-electron chi connectivity index (χ4n) is 3.00. The van der Waals surface area contributed by atoms with E-state index < -0.39 is 0 Å². The lowest BCUT2D eigenvalue weighted by Gasteiger charge is -2.15. The molecule has 1 aliphatic carbocycles. The minimum atomic E-state index is 0.143. The van der Waals surface area contributed by atoms with Crippen molar-refractivity contribution in [1.29, 1.82) is 0 Å². The van der Waals surface area contributed by atoms with Gasteiger partial charge in [0.2, 0.25) is 5.91 Å². The van der Waals surface area contributed by atoms with Gasteiger partial charge in [-0.3, -0.25) is 4.79 Å². The molecule has 0 radical (unpaired) electrons. The van der Waals surface area contributed by atoms with Gasteiger partial charge in [0.25, 0.3) is 0 Å². The van der Waals surface area contributed by atoms with Gasteiger partial charge < -0.3 is 11.1 Å². The molecule has 3 nitrogen and oxygen atoms in total. The third kappa shape index (κ3) is 3.99. The molecule has 1 fully saturated rings. The third-order valence-corrected chi connectivity index (χ3v) is 4.34. The van der Waals surface area contributed by atoms with Crippen molar-refractivity contribution in [1.82, 2.24) is 0 Å². The largest absolute Gasteiger partial charge is 0.399 e. The van der Waals surface area contributed by atoms with Crippen LogP contribution in [0.1, 0.15) is 56.1 Å². The van der Waals surface area contributed by atoms with E-state index in [0.717, 1.165) is 22.5 Å². The zero-order valence-corrected chi connectivity index (χ0v) is 12.7. The van der Waals surface area contributed by atoms with E-state index in [2.05, 4.69) is 5.32 Å². The number of anilines is 2. The highest BCUT2D eigenvalue weighted by Crippen LogP contribution is 2.27. The number of hydrogen-bond acceptors (Lipinski definition) is 2. The van der Waals surface area contributed by atoms with Gasteiger partial charge in [-0.2, -0.15) is 0 Å². The van der Waals surface area contributed by atoms with E-state index in [0.29, 0.717) is 12.3 Å². The maximum atomic E-state index is 12.2. The van der Waals surface area contributed by atoms with E-state index in [4.69, 9.17) is 5.73 Å². The summed E-state index contributed by atoms with van der Waals surface area (Å²) in [6, 6.07) is 3.90. The zero-order chi connectivity index (χ0) is 14.5. The number of hydrogen-bond donors (Lipinski definition) is 2. The Morgan fingerprint density at radius 1 is 1.15 bits per heavy atom. The highest BCUT2D eigenvalue weighted by atomic mass is 16.1. The van der Waals surface area contributed by atoms with Crippen LogP contribution < -0.4 is 11.1 Å². The lowest BCUT2D eigenvalue weighted by atomic mass is 9.96. The van der Waals surface area contributed by atoms with Crippen LogP contribution >= 0.6 is 0 Å². The summed E-state index contributed by atoms with van der Waals surface area (Å²) in [5.74, 6) is 0.705. The summed E-state index contributed by atoms with van der Waals surface area (Å²) in [5.41, 5.74) is 9.60. The second-order valence-electron chi connectivity index (χ2n) is 6.13. The second kappa shape index (κ2) is 6.78. The standard InChI is InChI=1S/C17H26N2O/c1-12-10-16(13(2)9-15(12)18)19-17(20)11-14-7-5-3-4-6-8-14/h9-10,14H,3-8,11,18H2,1-2H3,(H,19,20). The van der Waals surface area contributed by atoms with Crippen LogP contribution in [0.3, 0.4) is 0 Å². The molecule has 0 aromatic heterocycles. The number of carbonyl (C=O) groups excluding carboxylic acids is 1. The number of rotatable bonds is 3. The Balaban J connectivity index is 1.95. The van der Waals surface area contributed by atoms with Gasteiger partial charge in [-0.1, -0.05) is 25.7 Å². The van der Waals surface area contributed by atoms with Crippen molar-refractivity contribution in [3.63, 3.8) is 0 Å². The van der Waals surface area contributed by atoms with Crippen LogP contribution in [0.25, 0.3) is 0 Å². The second-order valence-corrected chi connectivity index (χ2v) is 6.13. The van der Waals surface area contributed by atoms with Gasteiger partial charge in [-0.15, -0.1) is 0 Å².